The first-order valence-corrected chi connectivity index (χ1v) is 10.4. The zero-order valence-corrected chi connectivity index (χ0v) is 18.0. The number of hydrogen-bond acceptors (Lipinski definition) is 3. The number of halogens is 6. The molecule has 2 unspecified atom stereocenters. The quantitative estimate of drug-likeness (QED) is 0.443. The minimum Gasteiger partial charge on any atom is -0.344 e. The summed E-state index contributed by atoms with van der Waals surface area (Å²) in [6.07, 6.45) is -10.2. The Labute approximate surface area is 200 Å². The summed E-state index contributed by atoms with van der Waals surface area (Å²) in [5.74, 6) is -3.00. The lowest BCUT2D eigenvalue weighted by Gasteiger charge is -2.34. The summed E-state index contributed by atoms with van der Waals surface area (Å²) in [6.45, 7) is 0. The number of nitrogens with one attached hydrogen (secondary N) is 2. The Bertz CT molecular complexity index is 1360. The van der Waals surface area contributed by atoms with Gasteiger partial charge >= 0.3 is 12.4 Å². The van der Waals surface area contributed by atoms with E-state index in [4.69, 9.17) is 0 Å². The summed E-state index contributed by atoms with van der Waals surface area (Å²) in [4.78, 5) is 26.2. The molecule has 0 aliphatic carbocycles. The molecule has 3 aromatic rings. The number of benzene rings is 3. The number of para-hydroxylation sites is 1. The van der Waals surface area contributed by atoms with Gasteiger partial charge in [-0.05, 0) is 47.5 Å². The van der Waals surface area contributed by atoms with Crippen LogP contribution >= 0.6 is 0 Å². The van der Waals surface area contributed by atoms with Gasteiger partial charge in [0.25, 0.3) is 5.91 Å². The molecule has 0 saturated heterocycles. The van der Waals surface area contributed by atoms with Crippen LogP contribution in [0.25, 0.3) is 0 Å². The molecule has 0 saturated carbocycles. The molecule has 0 bridgehead atoms. The molecule has 5 nitrogen and oxygen atoms in total. The van der Waals surface area contributed by atoms with Crippen molar-refractivity contribution < 1.29 is 35.9 Å². The van der Waals surface area contributed by atoms with Crippen molar-refractivity contribution in [1.82, 2.24) is 5.32 Å². The average Bonchev–Trinajstić information content (AvgIpc) is 2.83. The zero-order valence-electron chi connectivity index (χ0n) is 18.0. The van der Waals surface area contributed by atoms with E-state index < -0.39 is 52.8 Å². The zero-order chi connectivity index (χ0) is 26.3. The summed E-state index contributed by atoms with van der Waals surface area (Å²) < 4.78 is 80.9. The van der Waals surface area contributed by atoms with Crippen molar-refractivity contribution in [3.8, 4) is 6.07 Å². The van der Waals surface area contributed by atoms with E-state index >= 15 is 0 Å². The first-order valence-electron chi connectivity index (χ1n) is 10.4. The number of carbonyl (C=O) groups excluding carboxylic acids is 2. The number of nitriles is 1. The van der Waals surface area contributed by atoms with E-state index in [1.165, 1.54) is 42.5 Å². The Hall–Kier alpha value is -4.33. The predicted octanol–water partition coefficient (Wildman–Crippen LogP) is 5.80. The van der Waals surface area contributed by atoms with Gasteiger partial charge in [0, 0.05) is 5.56 Å². The smallest absolute Gasteiger partial charge is 0.344 e. The van der Waals surface area contributed by atoms with Gasteiger partial charge in [-0.25, -0.2) is 0 Å². The third-order valence-electron chi connectivity index (χ3n) is 5.72. The second kappa shape index (κ2) is 9.03. The van der Waals surface area contributed by atoms with Crippen molar-refractivity contribution in [3.63, 3.8) is 0 Å². The van der Waals surface area contributed by atoms with Crippen molar-refractivity contribution in [2.45, 2.75) is 24.3 Å². The molecule has 0 aromatic heterocycles. The van der Waals surface area contributed by atoms with E-state index in [0.29, 0.717) is 12.1 Å². The van der Waals surface area contributed by atoms with E-state index in [-0.39, 0.29) is 28.4 Å². The van der Waals surface area contributed by atoms with Crippen LogP contribution in [0, 0.1) is 11.3 Å². The molecule has 184 valence electrons. The molecule has 36 heavy (non-hydrogen) atoms. The molecule has 1 aliphatic rings. The molecule has 11 heteroatoms. The fourth-order valence-electron chi connectivity index (χ4n) is 4.08. The molecule has 2 amide bonds. The maximum Gasteiger partial charge on any atom is 0.416 e. The molecule has 4 rings (SSSR count). The third-order valence-corrected chi connectivity index (χ3v) is 5.72. The van der Waals surface area contributed by atoms with Crippen molar-refractivity contribution in [1.29, 1.82) is 5.26 Å². The Morgan fingerprint density at radius 1 is 0.889 bits per heavy atom. The summed E-state index contributed by atoms with van der Waals surface area (Å²) in [7, 11) is 0. The Morgan fingerprint density at radius 2 is 1.47 bits per heavy atom. The average molecular weight is 503 g/mol. The van der Waals surface area contributed by atoms with Gasteiger partial charge < -0.3 is 10.6 Å². The summed E-state index contributed by atoms with van der Waals surface area (Å²) in [5.41, 5.74) is -3.35. The van der Waals surface area contributed by atoms with Crippen molar-refractivity contribution >= 4 is 17.5 Å². The fourth-order valence-corrected chi connectivity index (χ4v) is 4.08. The molecule has 3 aromatic carbocycles. The second-order valence-electron chi connectivity index (χ2n) is 8.00. The first-order chi connectivity index (χ1) is 16.9. The molecule has 1 heterocycles. The van der Waals surface area contributed by atoms with Gasteiger partial charge in [0.15, 0.2) is 0 Å². The highest BCUT2D eigenvalue weighted by molar-refractivity contribution is 6.04. The van der Waals surface area contributed by atoms with Crippen molar-refractivity contribution in [2.75, 3.05) is 5.32 Å². The van der Waals surface area contributed by atoms with Gasteiger partial charge in [0.05, 0.1) is 34.3 Å². The van der Waals surface area contributed by atoms with Crippen LogP contribution in [0.15, 0.2) is 66.7 Å². The minimum atomic E-state index is -5.11. The lowest BCUT2D eigenvalue weighted by atomic mass is 9.79. The minimum absolute atomic E-state index is 0.0274. The third kappa shape index (κ3) is 4.75. The molecule has 0 spiro atoms. The van der Waals surface area contributed by atoms with Crippen LogP contribution in [0.2, 0.25) is 0 Å². The molecule has 0 fully saturated rings. The maximum atomic E-state index is 13.5. The van der Waals surface area contributed by atoms with Gasteiger partial charge in [0.1, 0.15) is 6.07 Å². The molecular formula is C25H15F6N3O2. The molecule has 1 aliphatic heterocycles. The van der Waals surface area contributed by atoms with E-state index in [2.05, 4.69) is 10.6 Å². The SMILES string of the molecule is N#Cc1ccccc1NC(=O)C1c2ccccc2C(=O)NC1c1cc(C(F)(F)F)cc(C(F)(F)F)c1. The van der Waals surface area contributed by atoms with E-state index in [1.807, 2.05) is 6.07 Å². The van der Waals surface area contributed by atoms with E-state index in [9.17, 15) is 41.2 Å². The van der Waals surface area contributed by atoms with Crippen LogP contribution < -0.4 is 10.6 Å². The number of rotatable bonds is 3. The van der Waals surface area contributed by atoms with E-state index in [1.54, 1.807) is 6.07 Å². The normalized spacial score (nSPS) is 17.5. The number of alkyl halides is 6. The number of nitrogens with zero attached hydrogens (tertiary/aromatic N) is 1. The van der Waals surface area contributed by atoms with Gasteiger partial charge in [-0.1, -0.05) is 30.3 Å². The highest BCUT2D eigenvalue weighted by Crippen LogP contribution is 2.42. The highest BCUT2D eigenvalue weighted by atomic mass is 19.4. The maximum absolute atomic E-state index is 13.5. The standard InChI is InChI=1S/C25H15F6N3O2/c26-24(27,28)15-9-14(10-16(11-15)25(29,30)31)21-20(17-6-2-3-7-18(17)22(35)34-21)23(36)33-19-8-4-1-5-13(19)12-32/h1-11,20-21H,(H,33,36)(H,34,35). The second-order valence-corrected chi connectivity index (χ2v) is 8.00. The Kier molecular flexibility index (Phi) is 6.22. The van der Waals surface area contributed by atoms with Crippen molar-refractivity contribution in [3.05, 3.63) is 100 Å². The Balaban J connectivity index is 1.88. The molecule has 0 radical (unpaired) electrons. The van der Waals surface area contributed by atoms with Crippen LogP contribution in [0.5, 0.6) is 0 Å². The van der Waals surface area contributed by atoms with Crippen LogP contribution in [0.4, 0.5) is 32.0 Å². The lowest BCUT2D eigenvalue weighted by molar-refractivity contribution is -0.143. The molecule has 2 N–H and O–H groups in total. The van der Waals surface area contributed by atoms with Gasteiger partial charge in [-0.3, -0.25) is 9.59 Å². The topological polar surface area (TPSA) is 82.0 Å². The first kappa shape index (κ1) is 24.8. The van der Waals surface area contributed by atoms with Crippen LogP contribution in [0.3, 0.4) is 0 Å². The predicted molar refractivity (Wildman–Crippen MR) is 116 cm³/mol. The van der Waals surface area contributed by atoms with Gasteiger partial charge in [-0.15, -0.1) is 0 Å². The Morgan fingerprint density at radius 3 is 2.08 bits per heavy atom. The van der Waals surface area contributed by atoms with Gasteiger partial charge in [-0.2, -0.15) is 31.6 Å². The molecular weight excluding hydrogens is 488 g/mol. The number of fused-ring (bicyclic) bond motifs is 1. The number of carbonyl (C=O) groups is 2. The van der Waals surface area contributed by atoms with Crippen LogP contribution in [0.1, 0.15) is 50.1 Å². The number of hydrogen-bond donors (Lipinski definition) is 2. The lowest BCUT2D eigenvalue weighted by Crippen LogP contribution is -2.43. The largest absolute Gasteiger partial charge is 0.416 e. The summed E-state index contributed by atoms with van der Waals surface area (Å²) in [6, 6.07) is 13.0. The van der Waals surface area contributed by atoms with Crippen LogP contribution in [-0.2, 0) is 17.1 Å². The summed E-state index contributed by atoms with van der Waals surface area (Å²) in [5, 5.41) is 14.2. The summed E-state index contributed by atoms with van der Waals surface area (Å²) >= 11 is 0. The highest BCUT2D eigenvalue weighted by Gasteiger charge is 2.42. The van der Waals surface area contributed by atoms with Crippen molar-refractivity contribution in [2.24, 2.45) is 0 Å². The fraction of sp³-hybridized carbons (Fsp3) is 0.160. The number of anilines is 1. The van der Waals surface area contributed by atoms with Gasteiger partial charge in [0.2, 0.25) is 5.91 Å². The monoisotopic (exact) mass is 503 g/mol. The number of amides is 2. The van der Waals surface area contributed by atoms with Crippen LogP contribution in [-0.4, -0.2) is 11.8 Å². The molecule has 2 atom stereocenters. The van der Waals surface area contributed by atoms with E-state index in [0.717, 1.165) is 0 Å².